The Labute approximate surface area is 96.6 Å². The molecule has 1 aliphatic carbocycles. The predicted octanol–water partition coefficient (Wildman–Crippen LogP) is 0.977. The number of nitrogens with zero attached hydrogens (tertiary/aromatic N) is 2. The van der Waals surface area contributed by atoms with Crippen LogP contribution < -0.4 is 11.2 Å². The summed E-state index contributed by atoms with van der Waals surface area (Å²) in [4.78, 5) is 23.6. The second-order valence-corrected chi connectivity index (χ2v) is 3.75. The zero-order chi connectivity index (χ0) is 12.6. The molecule has 17 heavy (non-hydrogen) atoms. The van der Waals surface area contributed by atoms with Gasteiger partial charge in [-0.3, -0.25) is 13.9 Å². The number of halogens is 1. The summed E-state index contributed by atoms with van der Waals surface area (Å²) in [6.45, 7) is 0. The SMILES string of the molecule is Cn1c2c(c(=O)n(C)c1=O)\C=C/C=C(F)\C=C/2. The van der Waals surface area contributed by atoms with Gasteiger partial charge in [0.1, 0.15) is 5.83 Å². The minimum atomic E-state index is -0.434. The van der Waals surface area contributed by atoms with E-state index < -0.39 is 11.5 Å². The van der Waals surface area contributed by atoms with Gasteiger partial charge in [-0.15, -0.1) is 0 Å². The van der Waals surface area contributed by atoms with Crippen molar-refractivity contribution in [2.24, 2.45) is 14.1 Å². The van der Waals surface area contributed by atoms with Gasteiger partial charge in [0.2, 0.25) is 0 Å². The molecule has 0 bridgehead atoms. The van der Waals surface area contributed by atoms with Crippen LogP contribution in [-0.2, 0) is 14.1 Å². The molecule has 4 nitrogen and oxygen atoms in total. The molecule has 88 valence electrons. The average molecular weight is 234 g/mol. The number of hydrogen-bond donors (Lipinski definition) is 0. The zero-order valence-electron chi connectivity index (χ0n) is 9.48. The molecular formula is C12H11FN2O2. The van der Waals surface area contributed by atoms with Gasteiger partial charge in [-0.2, -0.15) is 0 Å². The van der Waals surface area contributed by atoms with E-state index in [9.17, 15) is 14.0 Å². The van der Waals surface area contributed by atoms with Gasteiger partial charge in [-0.25, -0.2) is 9.18 Å². The lowest BCUT2D eigenvalue weighted by atomic mass is 10.1. The smallest absolute Gasteiger partial charge is 0.296 e. The number of allylic oxidation sites excluding steroid dienone is 4. The Hall–Kier alpha value is -2.17. The van der Waals surface area contributed by atoms with Crippen LogP contribution >= 0.6 is 0 Å². The van der Waals surface area contributed by atoms with Crippen LogP contribution in [0, 0.1) is 0 Å². The molecular weight excluding hydrogens is 223 g/mol. The summed E-state index contributed by atoms with van der Waals surface area (Å²) in [5, 5.41) is 0. The van der Waals surface area contributed by atoms with Crippen molar-refractivity contribution in [3.8, 4) is 0 Å². The summed E-state index contributed by atoms with van der Waals surface area (Å²) in [6.07, 6.45) is 6.85. The van der Waals surface area contributed by atoms with Crippen molar-refractivity contribution in [1.29, 1.82) is 0 Å². The Balaban J connectivity index is 2.89. The summed E-state index contributed by atoms with van der Waals surface area (Å²) < 4.78 is 15.4. The van der Waals surface area contributed by atoms with Gasteiger partial charge in [0.15, 0.2) is 0 Å². The van der Waals surface area contributed by atoms with Crippen LogP contribution in [0.1, 0.15) is 11.3 Å². The van der Waals surface area contributed by atoms with Crippen molar-refractivity contribution in [3.05, 3.63) is 56.2 Å². The van der Waals surface area contributed by atoms with E-state index >= 15 is 0 Å². The number of aromatic nitrogens is 2. The first-order valence-corrected chi connectivity index (χ1v) is 5.04. The molecule has 0 aromatic carbocycles. The maximum absolute atomic E-state index is 13.1. The van der Waals surface area contributed by atoms with E-state index in [0.717, 1.165) is 4.57 Å². The average Bonchev–Trinajstić information content (AvgIpc) is 2.29. The van der Waals surface area contributed by atoms with Crippen LogP contribution in [0.3, 0.4) is 0 Å². The molecule has 0 radical (unpaired) electrons. The standard InChI is InChI=1S/C12H11FN2O2/c1-14-10-7-6-8(13)4-3-5-9(10)11(16)15(2)12(14)17/h3-7H,1-2H3/b4-3?,5-3-,7-6-,8-4+,8-6?,9-5?,10-7?. The number of hydrogen-bond acceptors (Lipinski definition) is 2. The molecule has 1 heterocycles. The van der Waals surface area contributed by atoms with Crippen molar-refractivity contribution < 1.29 is 4.39 Å². The van der Waals surface area contributed by atoms with Crippen molar-refractivity contribution in [2.45, 2.75) is 0 Å². The molecule has 0 aliphatic heterocycles. The Bertz CT molecular complexity index is 675. The van der Waals surface area contributed by atoms with Gasteiger partial charge in [-0.1, -0.05) is 6.08 Å². The lowest BCUT2D eigenvalue weighted by molar-refractivity contribution is 0.664. The fourth-order valence-corrected chi connectivity index (χ4v) is 1.69. The Morgan fingerprint density at radius 1 is 1.06 bits per heavy atom. The molecule has 0 fully saturated rings. The number of fused-ring (bicyclic) bond motifs is 1. The normalized spacial score (nSPS) is 20.8. The van der Waals surface area contributed by atoms with Crippen molar-refractivity contribution >= 4 is 12.2 Å². The Morgan fingerprint density at radius 3 is 2.47 bits per heavy atom. The lowest BCUT2D eigenvalue weighted by Crippen LogP contribution is -2.39. The maximum atomic E-state index is 13.1. The van der Waals surface area contributed by atoms with Crippen LogP contribution in [0.4, 0.5) is 4.39 Å². The van der Waals surface area contributed by atoms with E-state index in [1.54, 1.807) is 7.05 Å². The van der Waals surface area contributed by atoms with E-state index in [-0.39, 0.29) is 5.56 Å². The van der Waals surface area contributed by atoms with Crippen molar-refractivity contribution in [3.63, 3.8) is 0 Å². The number of rotatable bonds is 0. The highest BCUT2D eigenvalue weighted by atomic mass is 19.1. The molecule has 5 heteroatoms. The summed E-state index contributed by atoms with van der Waals surface area (Å²) in [5.74, 6) is -0.431. The molecule has 0 saturated carbocycles. The molecule has 0 N–H and O–H groups in total. The molecule has 0 spiro atoms. The maximum Gasteiger partial charge on any atom is 0.330 e. The third kappa shape index (κ3) is 1.80. The van der Waals surface area contributed by atoms with Gasteiger partial charge in [-0.05, 0) is 24.3 Å². The second-order valence-electron chi connectivity index (χ2n) is 3.75. The van der Waals surface area contributed by atoms with Gasteiger partial charge >= 0.3 is 5.69 Å². The largest absolute Gasteiger partial charge is 0.330 e. The molecule has 0 saturated heterocycles. The highest BCUT2D eigenvalue weighted by molar-refractivity contribution is 5.65. The lowest BCUT2D eigenvalue weighted by Gasteiger charge is -2.10. The molecule has 1 aromatic heterocycles. The first-order chi connectivity index (χ1) is 8.02. The third-order valence-corrected chi connectivity index (χ3v) is 2.66. The first kappa shape index (κ1) is 11.3. The molecule has 0 amide bonds. The van der Waals surface area contributed by atoms with Gasteiger partial charge in [0, 0.05) is 14.1 Å². The quantitative estimate of drug-likeness (QED) is 0.671. The summed E-state index contributed by atoms with van der Waals surface area (Å²) >= 11 is 0. The van der Waals surface area contributed by atoms with Gasteiger partial charge in [0.25, 0.3) is 5.56 Å². The minimum absolute atomic E-state index is 0.370. The summed E-state index contributed by atoms with van der Waals surface area (Å²) in [7, 11) is 2.96. The zero-order valence-corrected chi connectivity index (χ0v) is 9.48. The van der Waals surface area contributed by atoms with Crippen molar-refractivity contribution in [1.82, 2.24) is 9.13 Å². The first-order valence-electron chi connectivity index (χ1n) is 5.04. The topological polar surface area (TPSA) is 44.0 Å². The van der Waals surface area contributed by atoms with Crippen molar-refractivity contribution in [2.75, 3.05) is 0 Å². The highest BCUT2D eigenvalue weighted by Crippen LogP contribution is 2.12. The minimum Gasteiger partial charge on any atom is -0.296 e. The molecule has 1 aromatic rings. The van der Waals surface area contributed by atoms with E-state index in [0.29, 0.717) is 11.3 Å². The Morgan fingerprint density at radius 2 is 1.76 bits per heavy atom. The fourth-order valence-electron chi connectivity index (χ4n) is 1.69. The van der Waals surface area contributed by atoms with Gasteiger partial charge < -0.3 is 0 Å². The third-order valence-electron chi connectivity index (χ3n) is 2.66. The molecule has 0 unspecified atom stereocenters. The van der Waals surface area contributed by atoms with Gasteiger partial charge in [0.05, 0.1) is 11.3 Å². The van der Waals surface area contributed by atoms with Crippen LogP contribution in [-0.4, -0.2) is 9.13 Å². The summed E-state index contributed by atoms with van der Waals surface area (Å²) in [5.41, 5.74) is -0.0522. The molecule has 1 aliphatic rings. The molecule has 0 atom stereocenters. The van der Waals surface area contributed by atoms with Crippen LogP contribution in [0.25, 0.3) is 12.2 Å². The van der Waals surface area contributed by atoms with E-state index in [1.807, 2.05) is 0 Å². The summed E-state index contributed by atoms with van der Waals surface area (Å²) in [6, 6.07) is 0. The van der Waals surface area contributed by atoms with Crippen LogP contribution in [0.2, 0.25) is 0 Å². The predicted molar refractivity (Wildman–Crippen MR) is 64.2 cm³/mol. The van der Waals surface area contributed by atoms with Crippen LogP contribution in [0.15, 0.2) is 33.6 Å². The van der Waals surface area contributed by atoms with E-state index in [1.165, 1.54) is 42.0 Å². The van der Waals surface area contributed by atoms with E-state index in [4.69, 9.17) is 0 Å². The molecule has 2 rings (SSSR count). The monoisotopic (exact) mass is 234 g/mol. The highest BCUT2D eigenvalue weighted by Gasteiger charge is 2.11. The van der Waals surface area contributed by atoms with E-state index in [2.05, 4.69) is 0 Å². The second kappa shape index (κ2) is 4.01. The fraction of sp³-hybridized carbons (Fsp3) is 0.167. The van der Waals surface area contributed by atoms with Crippen LogP contribution in [0.5, 0.6) is 0 Å². The Kier molecular flexibility index (Phi) is 2.67.